The van der Waals surface area contributed by atoms with E-state index in [1.807, 2.05) is 0 Å². The first kappa shape index (κ1) is 38.8. The van der Waals surface area contributed by atoms with Gasteiger partial charge in [0.2, 0.25) is 47.3 Å². The number of rotatable bonds is 20. The Morgan fingerprint density at radius 1 is 0.571 bits per heavy atom. The lowest BCUT2D eigenvalue weighted by atomic mass is 10.3. The minimum absolute atomic E-state index is 0.0196. The van der Waals surface area contributed by atoms with Crippen molar-refractivity contribution >= 4 is 83.4 Å². The van der Waals surface area contributed by atoms with E-state index < -0.39 is 60.6 Å². The van der Waals surface area contributed by atoms with Gasteiger partial charge in [-0.05, 0) is 6.92 Å². The Bertz CT molecular complexity index is 972. The van der Waals surface area contributed by atoms with Gasteiger partial charge in [0.15, 0.2) is 0 Å². The number of hydrogen-bond donors (Lipinski definition) is 9. The highest BCUT2D eigenvalue weighted by Crippen LogP contribution is 2.03. The first-order valence-electron chi connectivity index (χ1n) is 12.7. The molecule has 0 radical (unpaired) electrons. The van der Waals surface area contributed by atoms with Crippen LogP contribution in [0, 0.1) is 0 Å². The van der Waals surface area contributed by atoms with E-state index in [1.165, 1.54) is 32.5 Å². The van der Waals surface area contributed by atoms with E-state index in [9.17, 15) is 38.4 Å². The summed E-state index contributed by atoms with van der Waals surface area (Å²) in [6, 6.07) is -2.31. The molecule has 0 aromatic rings. The Morgan fingerprint density at radius 3 is 1.45 bits per heavy atom. The molecule has 0 spiro atoms. The van der Waals surface area contributed by atoms with Crippen LogP contribution in [0.5, 0.6) is 0 Å². The number of carbonyl (C=O) groups excluding carboxylic acids is 8. The highest BCUT2D eigenvalue weighted by molar-refractivity contribution is 7.99. The second kappa shape index (κ2) is 22.4. The summed E-state index contributed by atoms with van der Waals surface area (Å²) in [4.78, 5) is 95.3. The molecule has 0 aliphatic rings. The highest BCUT2D eigenvalue weighted by atomic mass is 32.2. The molecule has 0 aromatic carbocycles. The topological polar surface area (TPSA) is 233 Å². The second-order valence-corrected chi connectivity index (χ2v) is 11.2. The molecule has 0 saturated carbocycles. The maximum atomic E-state index is 12.7. The molecule has 42 heavy (non-hydrogen) atoms. The summed E-state index contributed by atoms with van der Waals surface area (Å²) in [6.45, 7) is 4.34. The average molecular weight is 653 g/mol. The van der Waals surface area contributed by atoms with Crippen LogP contribution in [0.3, 0.4) is 0 Å². The fourth-order valence-corrected chi connectivity index (χ4v) is 4.59. The van der Waals surface area contributed by atoms with Crippen LogP contribution in [0.4, 0.5) is 0 Å². The molecule has 0 saturated heterocycles. The van der Waals surface area contributed by atoms with E-state index in [0.29, 0.717) is 5.75 Å². The number of carbonyl (C=O) groups is 8. The molecular formula is C23H40N8O8S3. The lowest BCUT2D eigenvalue weighted by Gasteiger charge is -2.20. The normalized spacial score (nSPS) is 12.4. The molecule has 0 fully saturated rings. The van der Waals surface area contributed by atoms with Gasteiger partial charge in [0.05, 0.1) is 31.4 Å². The van der Waals surface area contributed by atoms with Gasteiger partial charge >= 0.3 is 0 Å². The molecule has 0 rings (SSSR count). The van der Waals surface area contributed by atoms with E-state index in [-0.39, 0.29) is 47.7 Å². The summed E-state index contributed by atoms with van der Waals surface area (Å²) >= 11 is 6.37. The molecule has 8 amide bonds. The van der Waals surface area contributed by atoms with Crippen LogP contribution in [0.1, 0.15) is 27.7 Å². The van der Waals surface area contributed by atoms with E-state index in [0.717, 1.165) is 11.8 Å². The smallest absolute Gasteiger partial charge is 0.243 e. The fraction of sp³-hybridized carbons (Fsp3) is 0.652. The van der Waals surface area contributed by atoms with Crippen molar-refractivity contribution in [1.29, 1.82) is 0 Å². The maximum absolute atomic E-state index is 12.7. The van der Waals surface area contributed by atoms with E-state index in [4.69, 9.17) is 0 Å². The van der Waals surface area contributed by atoms with Gasteiger partial charge in [-0.25, -0.2) is 0 Å². The van der Waals surface area contributed by atoms with Gasteiger partial charge < -0.3 is 42.5 Å². The molecule has 3 atom stereocenters. The molecule has 0 heterocycles. The minimum atomic E-state index is -1.14. The van der Waals surface area contributed by atoms with Crippen molar-refractivity contribution in [3.63, 3.8) is 0 Å². The Hall–Kier alpha value is -3.19. The summed E-state index contributed by atoms with van der Waals surface area (Å²) in [5, 5.41) is 19.8. The Labute approximate surface area is 258 Å². The van der Waals surface area contributed by atoms with Gasteiger partial charge in [0.1, 0.15) is 12.1 Å². The quantitative estimate of drug-likeness (QED) is 0.0356. The zero-order valence-corrected chi connectivity index (χ0v) is 26.4. The molecule has 3 unspecified atom stereocenters. The summed E-state index contributed by atoms with van der Waals surface area (Å²) in [7, 11) is 0. The molecule has 0 aliphatic heterocycles. The molecule has 16 nitrogen and oxygen atoms in total. The van der Waals surface area contributed by atoms with Crippen molar-refractivity contribution in [2.24, 2.45) is 0 Å². The zero-order valence-electron chi connectivity index (χ0n) is 23.9. The van der Waals surface area contributed by atoms with Crippen molar-refractivity contribution in [2.45, 2.75) is 45.8 Å². The van der Waals surface area contributed by atoms with Crippen molar-refractivity contribution in [3.05, 3.63) is 0 Å². The second-order valence-electron chi connectivity index (χ2n) is 8.73. The Kier molecular flexibility index (Phi) is 20.7. The number of thioether (sulfide) groups is 2. The predicted octanol–water partition coefficient (Wildman–Crippen LogP) is -3.59. The van der Waals surface area contributed by atoms with E-state index >= 15 is 0 Å². The summed E-state index contributed by atoms with van der Waals surface area (Å²) < 4.78 is 0. The average Bonchev–Trinajstić information content (AvgIpc) is 2.91. The van der Waals surface area contributed by atoms with Gasteiger partial charge in [-0.2, -0.15) is 12.6 Å². The molecule has 0 aromatic heterocycles. The number of hydrogen-bond acceptors (Lipinski definition) is 11. The zero-order chi connectivity index (χ0) is 32.1. The van der Waals surface area contributed by atoms with Gasteiger partial charge in [-0.1, -0.05) is 0 Å². The van der Waals surface area contributed by atoms with Crippen molar-refractivity contribution in [1.82, 2.24) is 42.5 Å². The molecule has 8 N–H and O–H groups in total. The van der Waals surface area contributed by atoms with Gasteiger partial charge in [0.25, 0.3) is 0 Å². The third-order valence-corrected chi connectivity index (χ3v) is 7.12. The molecule has 238 valence electrons. The van der Waals surface area contributed by atoms with Gasteiger partial charge in [-0.3, -0.25) is 38.4 Å². The first-order valence-corrected chi connectivity index (χ1v) is 15.6. The van der Waals surface area contributed by atoms with Crippen LogP contribution in [-0.2, 0) is 38.4 Å². The van der Waals surface area contributed by atoms with Crippen molar-refractivity contribution in [2.75, 3.05) is 48.6 Å². The summed E-state index contributed by atoms with van der Waals surface area (Å²) in [6.07, 6.45) is 0. The van der Waals surface area contributed by atoms with Crippen LogP contribution in [-0.4, -0.2) is 114 Å². The summed E-state index contributed by atoms with van der Waals surface area (Å²) in [5.74, 6) is -3.23. The largest absolute Gasteiger partial charge is 0.351 e. The fourth-order valence-electron chi connectivity index (χ4n) is 2.71. The SMILES string of the molecule is CC(=O)NCSCC(NC(C)=O)C(=O)NCC(=O)NC(CSCNC(C)=O)C(=O)NCC(=O)NCC(=O)NC(C)CS. The minimum Gasteiger partial charge on any atom is -0.351 e. The Morgan fingerprint density at radius 2 is 1.00 bits per heavy atom. The number of nitrogens with one attached hydrogen (secondary N) is 8. The molecule has 19 heteroatoms. The monoisotopic (exact) mass is 652 g/mol. The predicted molar refractivity (Wildman–Crippen MR) is 162 cm³/mol. The van der Waals surface area contributed by atoms with Crippen LogP contribution < -0.4 is 42.5 Å². The van der Waals surface area contributed by atoms with Crippen molar-refractivity contribution < 1.29 is 38.4 Å². The number of thiol groups is 1. The van der Waals surface area contributed by atoms with Crippen LogP contribution >= 0.6 is 36.2 Å². The Balaban J connectivity index is 4.99. The number of amides is 8. The molecule has 0 bridgehead atoms. The van der Waals surface area contributed by atoms with E-state index in [2.05, 4.69) is 55.2 Å². The first-order chi connectivity index (χ1) is 19.7. The van der Waals surface area contributed by atoms with E-state index in [1.54, 1.807) is 6.92 Å². The summed E-state index contributed by atoms with van der Waals surface area (Å²) in [5.41, 5.74) is 0. The molecular weight excluding hydrogens is 613 g/mol. The van der Waals surface area contributed by atoms with Gasteiger partial charge in [0, 0.05) is 44.1 Å². The van der Waals surface area contributed by atoms with Crippen molar-refractivity contribution in [3.8, 4) is 0 Å². The van der Waals surface area contributed by atoms with Crippen LogP contribution in [0.25, 0.3) is 0 Å². The van der Waals surface area contributed by atoms with Crippen LogP contribution in [0.15, 0.2) is 0 Å². The third-order valence-electron chi connectivity index (χ3n) is 4.73. The maximum Gasteiger partial charge on any atom is 0.243 e. The lowest BCUT2D eigenvalue weighted by Crippen LogP contribution is -2.54. The molecule has 0 aliphatic carbocycles. The van der Waals surface area contributed by atoms with Gasteiger partial charge in [-0.15, -0.1) is 23.5 Å². The third kappa shape index (κ3) is 20.7. The highest BCUT2D eigenvalue weighted by Gasteiger charge is 2.24. The standard InChI is InChI=1S/C23H40N8O8S3/c1-13(8-40)29-20(36)6-24-19(35)5-25-23(39)18(10-42-12-28-15(3)33)31-21(37)7-26-22(38)17(30-16(4)34)9-41-11-27-14(2)32/h13,17-18,40H,5-12H2,1-4H3,(H,24,35)(H,25,39)(H,26,38)(H,27,32)(H,28,33)(H,29,36)(H,30,34)(H,31,37). The lowest BCUT2D eigenvalue weighted by molar-refractivity contribution is -0.131. The van der Waals surface area contributed by atoms with Crippen LogP contribution in [0.2, 0.25) is 0 Å².